The molecule has 3 N–H and O–H groups in total. The van der Waals surface area contributed by atoms with Crippen LogP contribution in [0.4, 0.5) is 0 Å². The van der Waals surface area contributed by atoms with Crippen molar-refractivity contribution < 1.29 is 9.90 Å². The molecule has 0 aliphatic rings. The SMILES string of the molecule is Cc1cc(C)cc(C(C)(O)C(N)=O)c1. The molecule has 0 bridgehead atoms. The molecule has 1 rings (SSSR count). The minimum atomic E-state index is -1.59. The summed E-state index contributed by atoms with van der Waals surface area (Å²) < 4.78 is 0. The summed E-state index contributed by atoms with van der Waals surface area (Å²) in [5, 5.41) is 9.84. The highest BCUT2D eigenvalue weighted by atomic mass is 16.3. The molecule has 0 saturated heterocycles. The molecule has 1 aromatic carbocycles. The number of nitrogens with two attached hydrogens (primary N) is 1. The first-order valence-electron chi connectivity index (χ1n) is 4.45. The first-order valence-corrected chi connectivity index (χ1v) is 4.45. The lowest BCUT2D eigenvalue weighted by Crippen LogP contribution is -2.38. The minimum absolute atomic E-state index is 0.544. The number of benzene rings is 1. The monoisotopic (exact) mass is 193 g/mol. The predicted octanol–water partition coefficient (Wildman–Crippen LogP) is 0.996. The van der Waals surface area contributed by atoms with Crippen LogP contribution in [0, 0.1) is 13.8 Å². The minimum Gasteiger partial charge on any atom is -0.376 e. The van der Waals surface area contributed by atoms with E-state index in [0.29, 0.717) is 5.56 Å². The van der Waals surface area contributed by atoms with Crippen LogP contribution in [0.3, 0.4) is 0 Å². The molecule has 76 valence electrons. The summed E-state index contributed by atoms with van der Waals surface area (Å²) in [5.74, 6) is -0.734. The Kier molecular flexibility index (Phi) is 2.62. The number of aryl methyl sites for hydroxylation is 2. The molecule has 3 heteroatoms. The Morgan fingerprint density at radius 2 is 1.71 bits per heavy atom. The quantitative estimate of drug-likeness (QED) is 0.735. The van der Waals surface area contributed by atoms with E-state index >= 15 is 0 Å². The maximum Gasteiger partial charge on any atom is 0.253 e. The molecule has 0 aromatic heterocycles. The number of hydrogen-bond acceptors (Lipinski definition) is 2. The zero-order chi connectivity index (χ0) is 10.9. The Labute approximate surface area is 83.6 Å². The Morgan fingerprint density at radius 1 is 1.29 bits per heavy atom. The second-order valence-electron chi connectivity index (χ2n) is 3.81. The van der Waals surface area contributed by atoms with Crippen molar-refractivity contribution in [1.82, 2.24) is 0 Å². The van der Waals surface area contributed by atoms with Crippen molar-refractivity contribution in [3.8, 4) is 0 Å². The van der Waals surface area contributed by atoms with Crippen LogP contribution in [0.1, 0.15) is 23.6 Å². The van der Waals surface area contributed by atoms with E-state index in [4.69, 9.17) is 5.73 Å². The Morgan fingerprint density at radius 3 is 2.07 bits per heavy atom. The van der Waals surface area contributed by atoms with E-state index < -0.39 is 11.5 Å². The normalized spacial score (nSPS) is 14.9. The van der Waals surface area contributed by atoms with Gasteiger partial charge in [0, 0.05) is 0 Å². The molecule has 14 heavy (non-hydrogen) atoms. The van der Waals surface area contributed by atoms with E-state index in [0.717, 1.165) is 11.1 Å². The zero-order valence-corrected chi connectivity index (χ0v) is 8.66. The third kappa shape index (κ3) is 1.93. The Balaban J connectivity index is 3.25. The lowest BCUT2D eigenvalue weighted by atomic mass is 9.92. The summed E-state index contributed by atoms with van der Waals surface area (Å²) in [7, 11) is 0. The van der Waals surface area contributed by atoms with Crippen LogP contribution in [0.15, 0.2) is 18.2 Å². The highest BCUT2D eigenvalue weighted by Gasteiger charge is 2.30. The van der Waals surface area contributed by atoms with Gasteiger partial charge in [0.2, 0.25) is 0 Å². The molecule has 0 heterocycles. The number of rotatable bonds is 2. The van der Waals surface area contributed by atoms with Crippen molar-refractivity contribution in [2.24, 2.45) is 5.73 Å². The fourth-order valence-corrected chi connectivity index (χ4v) is 1.40. The maximum absolute atomic E-state index is 11.0. The van der Waals surface area contributed by atoms with E-state index in [1.807, 2.05) is 19.9 Å². The van der Waals surface area contributed by atoms with Gasteiger partial charge in [-0.25, -0.2) is 0 Å². The van der Waals surface area contributed by atoms with Crippen LogP contribution in [0.5, 0.6) is 0 Å². The average molecular weight is 193 g/mol. The van der Waals surface area contributed by atoms with Crippen molar-refractivity contribution in [3.05, 3.63) is 34.9 Å². The molecule has 0 saturated carbocycles. The highest BCUT2D eigenvalue weighted by Crippen LogP contribution is 2.22. The van der Waals surface area contributed by atoms with Crippen molar-refractivity contribution in [2.45, 2.75) is 26.4 Å². The standard InChI is InChI=1S/C11H15NO2/c1-7-4-8(2)6-9(5-7)11(3,14)10(12)13/h4-6,14H,1-3H3,(H2,12,13). The van der Waals surface area contributed by atoms with Gasteiger partial charge in [0.15, 0.2) is 5.60 Å². The van der Waals surface area contributed by atoms with Gasteiger partial charge in [-0.1, -0.05) is 29.3 Å². The van der Waals surface area contributed by atoms with E-state index in [-0.39, 0.29) is 0 Å². The fourth-order valence-electron chi connectivity index (χ4n) is 1.40. The third-order valence-electron chi connectivity index (χ3n) is 2.26. The largest absolute Gasteiger partial charge is 0.376 e. The fraction of sp³-hybridized carbons (Fsp3) is 0.364. The van der Waals surface area contributed by atoms with E-state index in [2.05, 4.69) is 0 Å². The molecule has 1 amide bonds. The second-order valence-corrected chi connectivity index (χ2v) is 3.81. The molecule has 0 aliphatic heterocycles. The smallest absolute Gasteiger partial charge is 0.253 e. The molecule has 0 spiro atoms. The summed E-state index contributed by atoms with van der Waals surface area (Å²) >= 11 is 0. The number of carbonyl (C=O) groups excluding carboxylic acids is 1. The topological polar surface area (TPSA) is 63.3 Å². The highest BCUT2D eigenvalue weighted by molar-refractivity contribution is 5.84. The van der Waals surface area contributed by atoms with E-state index in [1.165, 1.54) is 6.92 Å². The molecule has 0 aliphatic carbocycles. The maximum atomic E-state index is 11.0. The first-order chi connectivity index (χ1) is 6.34. The van der Waals surface area contributed by atoms with Gasteiger partial charge in [0.05, 0.1) is 0 Å². The van der Waals surface area contributed by atoms with Crippen LogP contribution in [-0.4, -0.2) is 11.0 Å². The number of amides is 1. The van der Waals surface area contributed by atoms with Gasteiger partial charge >= 0.3 is 0 Å². The van der Waals surface area contributed by atoms with Crippen LogP contribution in [0.25, 0.3) is 0 Å². The summed E-state index contributed by atoms with van der Waals surface area (Å²) in [6.45, 7) is 5.23. The van der Waals surface area contributed by atoms with Crippen LogP contribution < -0.4 is 5.73 Å². The van der Waals surface area contributed by atoms with Gasteiger partial charge in [0.1, 0.15) is 0 Å². The number of primary amides is 1. The molecule has 0 radical (unpaired) electrons. The predicted molar refractivity (Wildman–Crippen MR) is 54.7 cm³/mol. The van der Waals surface area contributed by atoms with Gasteiger partial charge in [-0.2, -0.15) is 0 Å². The number of aliphatic hydroxyl groups is 1. The van der Waals surface area contributed by atoms with Gasteiger partial charge in [0.25, 0.3) is 5.91 Å². The molecular weight excluding hydrogens is 178 g/mol. The van der Waals surface area contributed by atoms with Crippen LogP contribution in [-0.2, 0) is 10.4 Å². The van der Waals surface area contributed by atoms with Crippen LogP contribution in [0.2, 0.25) is 0 Å². The Bertz CT molecular complexity index is 349. The molecule has 1 atom stereocenters. The summed E-state index contributed by atoms with van der Waals surface area (Å²) in [5.41, 5.74) is 6.07. The number of carbonyl (C=O) groups is 1. The molecule has 1 aromatic rings. The second kappa shape index (κ2) is 3.42. The molecule has 1 unspecified atom stereocenters. The number of hydrogen-bond donors (Lipinski definition) is 2. The summed E-state index contributed by atoms with van der Waals surface area (Å²) in [6, 6.07) is 5.50. The lowest BCUT2D eigenvalue weighted by Gasteiger charge is -2.20. The van der Waals surface area contributed by atoms with E-state index in [1.54, 1.807) is 12.1 Å². The summed E-state index contributed by atoms with van der Waals surface area (Å²) in [4.78, 5) is 11.0. The average Bonchev–Trinajstić information content (AvgIpc) is 2.01. The first kappa shape index (κ1) is 10.7. The van der Waals surface area contributed by atoms with Crippen molar-refractivity contribution in [3.63, 3.8) is 0 Å². The van der Waals surface area contributed by atoms with Crippen molar-refractivity contribution in [2.75, 3.05) is 0 Å². The van der Waals surface area contributed by atoms with Gasteiger partial charge < -0.3 is 10.8 Å². The molecule has 3 nitrogen and oxygen atoms in total. The Hall–Kier alpha value is -1.35. The van der Waals surface area contributed by atoms with Gasteiger partial charge in [-0.3, -0.25) is 4.79 Å². The molecular formula is C11H15NO2. The zero-order valence-electron chi connectivity index (χ0n) is 8.66. The summed E-state index contributed by atoms with van der Waals surface area (Å²) in [6.07, 6.45) is 0. The van der Waals surface area contributed by atoms with Gasteiger partial charge in [-0.15, -0.1) is 0 Å². The van der Waals surface area contributed by atoms with E-state index in [9.17, 15) is 9.90 Å². The lowest BCUT2D eigenvalue weighted by molar-refractivity contribution is -0.135. The van der Waals surface area contributed by atoms with Gasteiger partial charge in [-0.05, 0) is 26.3 Å². The molecule has 0 fully saturated rings. The van der Waals surface area contributed by atoms with Crippen molar-refractivity contribution in [1.29, 1.82) is 0 Å². The van der Waals surface area contributed by atoms with Crippen molar-refractivity contribution >= 4 is 5.91 Å². The van der Waals surface area contributed by atoms with Crippen LogP contribution >= 0.6 is 0 Å². The third-order valence-corrected chi connectivity index (χ3v) is 2.26.